The summed E-state index contributed by atoms with van der Waals surface area (Å²) < 4.78 is 6.07. The Morgan fingerprint density at radius 2 is 1.84 bits per heavy atom. The lowest BCUT2D eigenvalue weighted by molar-refractivity contribution is -0.130. The highest BCUT2D eigenvalue weighted by Crippen LogP contribution is 2.38. The Kier molecular flexibility index (Phi) is 4.09. The summed E-state index contributed by atoms with van der Waals surface area (Å²) in [6.45, 7) is 4.44. The summed E-state index contributed by atoms with van der Waals surface area (Å²) in [5.41, 5.74) is 1.67. The summed E-state index contributed by atoms with van der Waals surface area (Å²) >= 11 is 6.23. The number of aliphatic imine (C=N–C) groups is 1. The maximum absolute atomic E-state index is 11.6. The van der Waals surface area contributed by atoms with Gasteiger partial charge in [0.15, 0.2) is 5.75 Å². The van der Waals surface area contributed by atoms with Crippen LogP contribution in [0.4, 0.5) is 5.69 Å². The van der Waals surface area contributed by atoms with E-state index in [9.17, 15) is 4.79 Å². The first-order valence-electron chi connectivity index (χ1n) is 8.28. The minimum Gasteiger partial charge on any atom is -0.454 e. The Morgan fingerprint density at radius 1 is 1.08 bits per heavy atom. The lowest BCUT2D eigenvalue weighted by atomic mass is 10.1. The smallest absolute Gasteiger partial charge is 0.219 e. The molecule has 2 aromatic carbocycles. The largest absolute Gasteiger partial charge is 0.454 e. The molecule has 1 fully saturated rings. The summed E-state index contributed by atoms with van der Waals surface area (Å²) in [7, 11) is 0. The first-order chi connectivity index (χ1) is 12.1. The van der Waals surface area contributed by atoms with E-state index in [1.165, 1.54) is 0 Å². The van der Waals surface area contributed by atoms with Crippen LogP contribution in [0.3, 0.4) is 0 Å². The molecule has 5 nitrogen and oxygen atoms in total. The van der Waals surface area contributed by atoms with Crippen LogP contribution in [0.25, 0.3) is 0 Å². The molecule has 1 amide bonds. The van der Waals surface area contributed by atoms with Gasteiger partial charge in [-0.2, -0.15) is 0 Å². The zero-order valence-corrected chi connectivity index (χ0v) is 14.7. The molecule has 0 atom stereocenters. The second kappa shape index (κ2) is 6.41. The van der Waals surface area contributed by atoms with Crippen LogP contribution in [0.15, 0.2) is 47.5 Å². The average molecular weight is 356 g/mol. The van der Waals surface area contributed by atoms with E-state index in [0.717, 1.165) is 41.7 Å². The van der Waals surface area contributed by atoms with E-state index >= 15 is 0 Å². The van der Waals surface area contributed by atoms with Crippen molar-refractivity contribution in [1.82, 2.24) is 9.80 Å². The van der Waals surface area contributed by atoms with Crippen LogP contribution < -0.4 is 4.74 Å². The number of piperazine rings is 1. The highest BCUT2D eigenvalue weighted by Gasteiger charge is 2.26. The zero-order valence-electron chi connectivity index (χ0n) is 13.9. The Labute approximate surface area is 151 Å². The van der Waals surface area contributed by atoms with Crippen molar-refractivity contribution in [2.45, 2.75) is 6.92 Å². The van der Waals surface area contributed by atoms with E-state index in [1.807, 2.05) is 47.4 Å². The molecule has 0 aromatic heterocycles. The standard InChI is InChI=1S/C19H18ClN3O2/c1-13(24)22-8-10-23(11-9-22)19-15-12-14(20)6-7-17(15)25-18-5-3-2-4-16(18)21-19/h2-7,12H,8-11H2,1H3. The molecule has 2 aliphatic heterocycles. The maximum atomic E-state index is 11.6. The molecule has 0 spiro atoms. The van der Waals surface area contributed by atoms with Gasteiger partial charge in [-0.25, -0.2) is 4.99 Å². The van der Waals surface area contributed by atoms with Crippen LogP contribution in [0, 0.1) is 0 Å². The molecule has 0 radical (unpaired) electrons. The number of hydrogen-bond acceptors (Lipinski definition) is 4. The molecule has 6 heteroatoms. The lowest BCUT2D eigenvalue weighted by Gasteiger charge is -2.36. The molecule has 4 rings (SSSR count). The van der Waals surface area contributed by atoms with Crippen LogP contribution in [0.5, 0.6) is 11.5 Å². The molecule has 0 unspecified atom stereocenters. The van der Waals surface area contributed by atoms with Gasteiger partial charge in [0.05, 0.1) is 5.56 Å². The summed E-state index contributed by atoms with van der Waals surface area (Å²) in [5, 5.41) is 0.642. The number of rotatable bonds is 0. The number of benzene rings is 2. The SMILES string of the molecule is CC(=O)N1CCN(C2=Nc3ccccc3Oc3ccc(Cl)cc32)CC1. The van der Waals surface area contributed by atoms with Gasteiger partial charge in [-0.05, 0) is 30.3 Å². The van der Waals surface area contributed by atoms with Crippen molar-refractivity contribution in [1.29, 1.82) is 0 Å². The minimum atomic E-state index is 0.111. The monoisotopic (exact) mass is 355 g/mol. The summed E-state index contributed by atoms with van der Waals surface area (Å²) in [6, 6.07) is 13.3. The minimum absolute atomic E-state index is 0.111. The van der Waals surface area contributed by atoms with Gasteiger partial charge >= 0.3 is 0 Å². The van der Waals surface area contributed by atoms with Gasteiger partial charge in [-0.1, -0.05) is 23.7 Å². The number of nitrogens with zero attached hydrogens (tertiary/aromatic N) is 3. The van der Waals surface area contributed by atoms with Crippen molar-refractivity contribution >= 4 is 29.0 Å². The normalized spacial score (nSPS) is 16.3. The van der Waals surface area contributed by atoms with Gasteiger partial charge in [-0.15, -0.1) is 0 Å². The molecule has 1 saturated heterocycles. The fraction of sp³-hybridized carbons (Fsp3) is 0.263. The van der Waals surface area contributed by atoms with Crippen molar-refractivity contribution in [3.8, 4) is 11.5 Å². The number of ether oxygens (including phenoxy) is 1. The number of fused-ring (bicyclic) bond motifs is 2. The first kappa shape index (κ1) is 16.0. The van der Waals surface area contributed by atoms with Crippen LogP contribution in [0.1, 0.15) is 12.5 Å². The van der Waals surface area contributed by atoms with Crippen molar-refractivity contribution in [3.63, 3.8) is 0 Å². The van der Waals surface area contributed by atoms with E-state index < -0.39 is 0 Å². The fourth-order valence-corrected chi connectivity index (χ4v) is 3.34. The number of hydrogen-bond donors (Lipinski definition) is 0. The molecule has 128 valence electrons. The Bertz CT molecular complexity index is 857. The summed E-state index contributed by atoms with van der Waals surface area (Å²) in [6.07, 6.45) is 0. The third-order valence-electron chi connectivity index (χ3n) is 4.52. The average Bonchev–Trinajstić information content (AvgIpc) is 2.78. The quantitative estimate of drug-likeness (QED) is 0.724. The third-order valence-corrected chi connectivity index (χ3v) is 4.75. The molecule has 0 saturated carbocycles. The van der Waals surface area contributed by atoms with Gasteiger partial charge in [-0.3, -0.25) is 4.79 Å². The Hall–Kier alpha value is -2.53. The molecule has 2 aliphatic rings. The molecule has 0 aliphatic carbocycles. The van der Waals surface area contributed by atoms with E-state index in [1.54, 1.807) is 6.92 Å². The van der Waals surface area contributed by atoms with E-state index in [4.69, 9.17) is 21.3 Å². The highest BCUT2D eigenvalue weighted by atomic mass is 35.5. The molecular weight excluding hydrogens is 338 g/mol. The number of halogens is 1. The fourth-order valence-electron chi connectivity index (χ4n) is 3.17. The molecule has 2 heterocycles. The Morgan fingerprint density at radius 3 is 2.60 bits per heavy atom. The van der Waals surface area contributed by atoms with E-state index in [0.29, 0.717) is 18.1 Å². The zero-order chi connectivity index (χ0) is 17.4. The molecular formula is C19H18ClN3O2. The number of amides is 1. The summed E-state index contributed by atoms with van der Waals surface area (Å²) in [4.78, 5) is 20.5. The predicted molar refractivity (Wildman–Crippen MR) is 98.0 cm³/mol. The highest BCUT2D eigenvalue weighted by molar-refractivity contribution is 6.31. The molecule has 2 aromatic rings. The second-order valence-corrected chi connectivity index (χ2v) is 6.58. The predicted octanol–water partition coefficient (Wildman–Crippen LogP) is 3.69. The van der Waals surface area contributed by atoms with Crippen LogP contribution in [-0.4, -0.2) is 47.7 Å². The Balaban J connectivity index is 1.76. The van der Waals surface area contributed by atoms with Crippen LogP contribution >= 0.6 is 11.6 Å². The summed E-state index contributed by atoms with van der Waals surface area (Å²) in [5.74, 6) is 2.41. The third kappa shape index (κ3) is 3.07. The van der Waals surface area contributed by atoms with E-state index in [-0.39, 0.29) is 5.91 Å². The topological polar surface area (TPSA) is 45.1 Å². The van der Waals surface area contributed by atoms with Crippen molar-refractivity contribution in [2.24, 2.45) is 4.99 Å². The number of para-hydroxylation sites is 2. The van der Waals surface area contributed by atoms with Crippen molar-refractivity contribution in [3.05, 3.63) is 53.1 Å². The number of carbonyl (C=O) groups is 1. The van der Waals surface area contributed by atoms with Gasteiger partial charge < -0.3 is 14.5 Å². The lowest BCUT2D eigenvalue weighted by Crippen LogP contribution is -2.50. The number of amidine groups is 1. The van der Waals surface area contributed by atoms with Crippen molar-refractivity contribution < 1.29 is 9.53 Å². The van der Waals surface area contributed by atoms with Gasteiger partial charge in [0.1, 0.15) is 17.3 Å². The van der Waals surface area contributed by atoms with Gasteiger partial charge in [0.2, 0.25) is 5.91 Å². The van der Waals surface area contributed by atoms with Crippen molar-refractivity contribution in [2.75, 3.05) is 26.2 Å². The maximum Gasteiger partial charge on any atom is 0.219 e. The van der Waals surface area contributed by atoms with E-state index in [2.05, 4.69) is 4.90 Å². The van der Waals surface area contributed by atoms with Crippen LogP contribution in [0.2, 0.25) is 5.02 Å². The first-order valence-corrected chi connectivity index (χ1v) is 8.65. The second-order valence-electron chi connectivity index (χ2n) is 6.14. The molecule has 0 bridgehead atoms. The number of carbonyl (C=O) groups excluding carboxylic acids is 1. The van der Waals surface area contributed by atoms with Gasteiger partial charge in [0.25, 0.3) is 0 Å². The molecule has 0 N–H and O–H groups in total. The molecule has 25 heavy (non-hydrogen) atoms. The van der Waals surface area contributed by atoms with Gasteiger partial charge in [0, 0.05) is 38.1 Å². The van der Waals surface area contributed by atoms with Crippen LogP contribution in [-0.2, 0) is 4.79 Å².